The van der Waals surface area contributed by atoms with Crippen LogP contribution in [0.3, 0.4) is 0 Å². The van der Waals surface area contributed by atoms with Crippen molar-refractivity contribution in [2.75, 3.05) is 19.8 Å². The van der Waals surface area contributed by atoms with Gasteiger partial charge in [0.25, 0.3) is 0 Å². The van der Waals surface area contributed by atoms with Gasteiger partial charge in [0.05, 0.1) is 19.1 Å². The summed E-state index contributed by atoms with van der Waals surface area (Å²) in [6.45, 7) is 4.50. The molecule has 0 aliphatic carbocycles. The van der Waals surface area contributed by atoms with E-state index in [-0.39, 0.29) is 12.0 Å². The zero-order valence-corrected chi connectivity index (χ0v) is 11.6. The van der Waals surface area contributed by atoms with E-state index in [0.29, 0.717) is 18.2 Å². The summed E-state index contributed by atoms with van der Waals surface area (Å²) < 4.78 is 11.4. The maximum Gasteiger partial charge on any atom is 0.202 e. The fourth-order valence-electron chi connectivity index (χ4n) is 2.40. The summed E-state index contributed by atoms with van der Waals surface area (Å²) in [4.78, 5) is 4.55. The van der Waals surface area contributed by atoms with Crippen molar-refractivity contribution in [3.05, 3.63) is 29.1 Å². The summed E-state index contributed by atoms with van der Waals surface area (Å²) in [6.07, 6.45) is 1.10. The molecule has 0 saturated carbocycles. The van der Waals surface area contributed by atoms with Gasteiger partial charge in [0.15, 0.2) is 5.58 Å². The van der Waals surface area contributed by atoms with Crippen molar-refractivity contribution in [3.8, 4) is 0 Å². The second-order valence-electron chi connectivity index (χ2n) is 4.87. The Hall–Kier alpha value is -1.10. The van der Waals surface area contributed by atoms with Gasteiger partial charge in [0.1, 0.15) is 5.52 Å². The van der Waals surface area contributed by atoms with Gasteiger partial charge in [-0.2, -0.15) is 0 Å². The molecule has 4 nitrogen and oxygen atoms in total. The molecule has 1 aromatic heterocycles. The van der Waals surface area contributed by atoms with E-state index in [9.17, 15) is 0 Å². The molecule has 0 bridgehead atoms. The minimum Gasteiger partial charge on any atom is -0.440 e. The van der Waals surface area contributed by atoms with E-state index in [1.807, 2.05) is 12.1 Å². The lowest BCUT2D eigenvalue weighted by Gasteiger charge is -2.15. The lowest BCUT2D eigenvalue weighted by Crippen LogP contribution is -2.34. The van der Waals surface area contributed by atoms with Crippen molar-refractivity contribution < 1.29 is 9.15 Å². The van der Waals surface area contributed by atoms with Crippen molar-refractivity contribution >= 4 is 22.7 Å². The number of fused-ring (bicyclic) bond motifs is 1. The Morgan fingerprint density at radius 2 is 2.32 bits per heavy atom. The summed E-state index contributed by atoms with van der Waals surface area (Å²) in [6, 6.07) is 5.80. The van der Waals surface area contributed by atoms with E-state index < -0.39 is 0 Å². The van der Waals surface area contributed by atoms with Crippen LogP contribution in [-0.4, -0.2) is 30.8 Å². The molecule has 1 fully saturated rings. The van der Waals surface area contributed by atoms with Gasteiger partial charge in [-0.25, -0.2) is 4.98 Å². The van der Waals surface area contributed by atoms with Crippen LogP contribution in [0.5, 0.6) is 0 Å². The minimum absolute atomic E-state index is 0.178. The Labute approximate surface area is 117 Å². The SMILES string of the molecule is CCCNC1COCC1c1nc2ccc(Cl)cc2o1. The predicted octanol–water partition coefficient (Wildman–Crippen LogP) is 2.96. The molecule has 0 radical (unpaired) electrons. The van der Waals surface area contributed by atoms with Crippen LogP contribution >= 0.6 is 11.6 Å². The molecule has 1 aromatic carbocycles. The van der Waals surface area contributed by atoms with E-state index in [4.69, 9.17) is 20.8 Å². The molecular formula is C14H17ClN2O2. The van der Waals surface area contributed by atoms with Gasteiger partial charge in [-0.1, -0.05) is 18.5 Å². The van der Waals surface area contributed by atoms with Crippen LogP contribution in [0.1, 0.15) is 25.2 Å². The molecule has 1 N–H and O–H groups in total. The van der Waals surface area contributed by atoms with Gasteiger partial charge in [-0.05, 0) is 25.1 Å². The molecule has 2 unspecified atom stereocenters. The molecule has 2 heterocycles. The van der Waals surface area contributed by atoms with Crippen LogP contribution in [0.2, 0.25) is 5.02 Å². The summed E-state index contributed by atoms with van der Waals surface area (Å²) in [5, 5.41) is 4.15. The third-order valence-corrected chi connectivity index (χ3v) is 3.66. The molecule has 0 amide bonds. The third-order valence-electron chi connectivity index (χ3n) is 3.42. The Kier molecular flexibility index (Phi) is 3.73. The number of nitrogens with zero attached hydrogens (tertiary/aromatic N) is 1. The first-order chi connectivity index (χ1) is 9.28. The van der Waals surface area contributed by atoms with E-state index in [2.05, 4.69) is 17.2 Å². The average molecular weight is 281 g/mol. The predicted molar refractivity (Wildman–Crippen MR) is 74.7 cm³/mol. The Morgan fingerprint density at radius 1 is 1.42 bits per heavy atom. The first-order valence-corrected chi connectivity index (χ1v) is 7.03. The fourth-order valence-corrected chi connectivity index (χ4v) is 2.57. The number of hydrogen-bond acceptors (Lipinski definition) is 4. The van der Waals surface area contributed by atoms with Gasteiger partial charge in [0.2, 0.25) is 5.89 Å². The lowest BCUT2D eigenvalue weighted by atomic mass is 10.0. The average Bonchev–Trinajstić information content (AvgIpc) is 3.01. The van der Waals surface area contributed by atoms with Gasteiger partial charge in [-0.15, -0.1) is 0 Å². The molecule has 2 atom stereocenters. The molecule has 0 spiro atoms. The number of oxazole rings is 1. The van der Waals surface area contributed by atoms with Crippen LogP contribution in [0.15, 0.2) is 22.6 Å². The number of halogens is 1. The highest BCUT2D eigenvalue weighted by atomic mass is 35.5. The Morgan fingerprint density at radius 3 is 3.16 bits per heavy atom. The minimum atomic E-state index is 0.178. The zero-order chi connectivity index (χ0) is 13.2. The Balaban J connectivity index is 1.86. The number of nitrogens with one attached hydrogen (secondary N) is 1. The molecule has 19 heavy (non-hydrogen) atoms. The summed E-state index contributed by atoms with van der Waals surface area (Å²) in [5.41, 5.74) is 1.59. The van der Waals surface area contributed by atoms with Crippen LogP contribution in [0.25, 0.3) is 11.1 Å². The molecule has 1 aliphatic heterocycles. The van der Waals surface area contributed by atoms with E-state index in [1.54, 1.807) is 6.07 Å². The lowest BCUT2D eigenvalue weighted by molar-refractivity contribution is 0.186. The smallest absolute Gasteiger partial charge is 0.202 e. The van der Waals surface area contributed by atoms with Crippen LogP contribution in [0.4, 0.5) is 0 Å². The Bertz CT molecular complexity index is 570. The highest BCUT2D eigenvalue weighted by Gasteiger charge is 2.32. The van der Waals surface area contributed by atoms with Crippen molar-refractivity contribution in [1.82, 2.24) is 10.3 Å². The zero-order valence-electron chi connectivity index (χ0n) is 10.9. The number of ether oxygens (including phenoxy) is 1. The number of rotatable bonds is 4. The quantitative estimate of drug-likeness (QED) is 0.935. The van der Waals surface area contributed by atoms with Crippen LogP contribution in [0, 0.1) is 0 Å². The number of hydrogen-bond donors (Lipinski definition) is 1. The molecule has 5 heteroatoms. The number of benzene rings is 1. The highest BCUT2D eigenvalue weighted by molar-refractivity contribution is 6.31. The summed E-state index contributed by atoms with van der Waals surface area (Å²) in [7, 11) is 0. The normalized spacial score (nSPS) is 23.3. The second-order valence-corrected chi connectivity index (χ2v) is 5.31. The second kappa shape index (κ2) is 5.49. The summed E-state index contributed by atoms with van der Waals surface area (Å²) >= 11 is 5.96. The molecule has 1 aliphatic rings. The van der Waals surface area contributed by atoms with Gasteiger partial charge < -0.3 is 14.5 Å². The standard InChI is InChI=1S/C14H17ClN2O2/c1-2-5-16-12-8-18-7-10(12)14-17-11-4-3-9(15)6-13(11)19-14/h3-4,6,10,12,16H,2,5,7-8H2,1H3. The van der Waals surface area contributed by atoms with E-state index in [1.165, 1.54) is 0 Å². The molecule has 3 rings (SSSR count). The van der Waals surface area contributed by atoms with Gasteiger partial charge >= 0.3 is 0 Å². The monoisotopic (exact) mass is 280 g/mol. The van der Waals surface area contributed by atoms with Crippen LogP contribution < -0.4 is 5.32 Å². The highest BCUT2D eigenvalue weighted by Crippen LogP contribution is 2.29. The maximum absolute atomic E-state index is 5.96. The summed E-state index contributed by atoms with van der Waals surface area (Å²) in [5.74, 6) is 0.918. The molecule has 102 valence electrons. The van der Waals surface area contributed by atoms with Crippen LogP contribution in [-0.2, 0) is 4.74 Å². The largest absolute Gasteiger partial charge is 0.440 e. The van der Waals surface area contributed by atoms with Crippen molar-refractivity contribution in [2.45, 2.75) is 25.3 Å². The van der Waals surface area contributed by atoms with Crippen molar-refractivity contribution in [2.24, 2.45) is 0 Å². The molecule has 1 saturated heterocycles. The fraction of sp³-hybridized carbons (Fsp3) is 0.500. The molecular weight excluding hydrogens is 264 g/mol. The van der Waals surface area contributed by atoms with E-state index >= 15 is 0 Å². The van der Waals surface area contributed by atoms with E-state index in [0.717, 1.165) is 30.0 Å². The van der Waals surface area contributed by atoms with Crippen molar-refractivity contribution in [1.29, 1.82) is 0 Å². The first-order valence-electron chi connectivity index (χ1n) is 6.65. The van der Waals surface area contributed by atoms with Gasteiger partial charge in [-0.3, -0.25) is 0 Å². The number of aromatic nitrogens is 1. The third kappa shape index (κ3) is 2.61. The van der Waals surface area contributed by atoms with Crippen molar-refractivity contribution in [3.63, 3.8) is 0 Å². The molecule has 2 aromatic rings. The maximum atomic E-state index is 5.96. The first kappa shape index (κ1) is 12.9. The van der Waals surface area contributed by atoms with Gasteiger partial charge in [0, 0.05) is 17.1 Å². The topological polar surface area (TPSA) is 47.3 Å².